The summed E-state index contributed by atoms with van der Waals surface area (Å²) in [6, 6.07) is 14.6. The van der Waals surface area contributed by atoms with Crippen LogP contribution >= 0.6 is 0 Å². The van der Waals surface area contributed by atoms with Crippen LogP contribution in [-0.2, 0) is 12.8 Å². The first-order valence-electron chi connectivity index (χ1n) is 10.3. The molecule has 0 saturated heterocycles. The number of benzene rings is 2. The molecule has 0 heterocycles. The lowest BCUT2D eigenvalue weighted by Crippen LogP contribution is -2.66. The minimum Gasteiger partial charge on any atom is -0.394 e. The molecule has 2 rings (SSSR count). The van der Waals surface area contributed by atoms with Crippen molar-refractivity contribution in [3.63, 3.8) is 0 Å². The van der Waals surface area contributed by atoms with E-state index in [9.17, 15) is 30.6 Å². The maximum absolute atomic E-state index is 11.5. The van der Waals surface area contributed by atoms with Crippen LogP contribution in [0.3, 0.4) is 0 Å². The molecular weight excluding hydrogens is 384 g/mol. The Kier molecular flexibility index (Phi) is 8.16. The van der Waals surface area contributed by atoms with Crippen LogP contribution in [0.5, 0.6) is 0 Å². The quantitative estimate of drug-likeness (QED) is 0.343. The zero-order valence-electron chi connectivity index (χ0n) is 17.9. The number of hydrogen-bond donors (Lipinski definition) is 6. The first-order valence-corrected chi connectivity index (χ1v) is 10.3. The van der Waals surface area contributed by atoms with Crippen LogP contribution in [0.1, 0.15) is 35.6 Å². The van der Waals surface area contributed by atoms with Crippen LogP contribution in [0.4, 0.5) is 0 Å². The Morgan fingerprint density at radius 1 is 0.800 bits per heavy atom. The van der Waals surface area contributed by atoms with E-state index in [4.69, 9.17) is 0 Å². The van der Waals surface area contributed by atoms with Gasteiger partial charge in [0.1, 0.15) is 23.9 Å². The molecule has 6 heteroatoms. The maximum Gasteiger partial charge on any atom is 0.126 e. The molecule has 5 atom stereocenters. The van der Waals surface area contributed by atoms with Gasteiger partial charge in [-0.1, -0.05) is 55.5 Å². The molecule has 0 fully saturated rings. The van der Waals surface area contributed by atoms with Crippen LogP contribution in [0, 0.1) is 13.8 Å². The number of hydrogen-bond acceptors (Lipinski definition) is 6. The van der Waals surface area contributed by atoms with E-state index in [1.165, 1.54) is 0 Å². The normalized spacial score (nSPS) is 18.8. The molecule has 6 nitrogen and oxygen atoms in total. The molecular formula is C24H34O6. The molecule has 0 aliphatic carbocycles. The minimum atomic E-state index is -2.30. The molecule has 0 aromatic heterocycles. The average molecular weight is 419 g/mol. The Balaban J connectivity index is 2.49. The Labute approximate surface area is 178 Å². The summed E-state index contributed by atoms with van der Waals surface area (Å²) in [5, 5.41) is 64.3. The smallest absolute Gasteiger partial charge is 0.126 e. The van der Waals surface area contributed by atoms with Crippen molar-refractivity contribution in [3.05, 3.63) is 70.8 Å². The largest absolute Gasteiger partial charge is 0.394 e. The molecule has 166 valence electrons. The molecule has 2 aromatic rings. The average Bonchev–Trinajstić information content (AvgIpc) is 2.75. The summed E-state index contributed by atoms with van der Waals surface area (Å²) in [6.45, 7) is 4.61. The van der Waals surface area contributed by atoms with Crippen molar-refractivity contribution in [1.29, 1.82) is 0 Å². The second-order valence-electron chi connectivity index (χ2n) is 8.25. The number of aryl methyl sites for hydroxylation is 2. The molecule has 0 spiro atoms. The lowest BCUT2D eigenvalue weighted by Gasteiger charge is -2.46. The van der Waals surface area contributed by atoms with E-state index in [0.717, 1.165) is 16.7 Å². The molecule has 6 N–H and O–H groups in total. The van der Waals surface area contributed by atoms with Gasteiger partial charge in [0, 0.05) is 12.8 Å². The highest BCUT2D eigenvalue weighted by Crippen LogP contribution is 2.35. The summed E-state index contributed by atoms with van der Waals surface area (Å²) in [5.74, 6) is 0. The van der Waals surface area contributed by atoms with Crippen LogP contribution in [0.25, 0.3) is 0 Å². The van der Waals surface area contributed by atoms with Gasteiger partial charge in [-0.25, -0.2) is 0 Å². The van der Waals surface area contributed by atoms with Gasteiger partial charge in [0.2, 0.25) is 0 Å². The van der Waals surface area contributed by atoms with Gasteiger partial charge >= 0.3 is 0 Å². The second kappa shape index (κ2) is 10.0. The van der Waals surface area contributed by atoms with Crippen LogP contribution in [0.15, 0.2) is 48.5 Å². The molecule has 0 amide bonds. The van der Waals surface area contributed by atoms with Crippen LogP contribution in [-0.4, -0.2) is 66.8 Å². The summed E-state index contributed by atoms with van der Waals surface area (Å²) >= 11 is 0. The Hall–Kier alpha value is -1.80. The van der Waals surface area contributed by atoms with Gasteiger partial charge in [-0.2, -0.15) is 0 Å². The predicted molar refractivity (Wildman–Crippen MR) is 115 cm³/mol. The summed E-state index contributed by atoms with van der Waals surface area (Å²) in [6.07, 6.45) is -5.43. The topological polar surface area (TPSA) is 121 Å². The zero-order valence-corrected chi connectivity index (χ0v) is 17.9. The van der Waals surface area contributed by atoms with E-state index in [1.807, 2.05) is 50.2 Å². The first kappa shape index (κ1) is 24.5. The van der Waals surface area contributed by atoms with Gasteiger partial charge in [0.15, 0.2) is 0 Å². The van der Waals surface area contributed by atoms with Crippen LogP contribution < -0.4 is 0 Å². The Morgan fingerprint density at radius 2 is 1.27 bits per heavy atom. The van der Waals surface area contributed by atoms with Crippen molar-refractivity contribution in [2.75, 3.05) is 6.61 Å². The third-order valence-corrected chi connectivity index (χ3v) is 6.15. The van der Waals surface area contributed by atoms with Gasteiger partial charge in [0.25, 0.3) is 0 Å². The summed E-state index contributed by atoms with van der Waals surface area (Å²) in [5.41, 5.74) is -0.877. The van der Waals surface area contributed by atoms with Crippen molar-refractivity contribution in [3.8, 4) is 0 Å². The van der Waals surface area contributed by atoms with E-state index in [1.54, 1.807) is 19.1 Å². The molecule has 0 aliphatic rings. The molecule has 0 aliphatic heterocycles. The highest BCUT2D eigenvalue weighted by atomic mass is 16.4. The fourth-order valence-electron chi connectivity index (χ4n) is 3.93. The fourth-order valence-corrected chi connectivity index (χ4v) is 3.93. The monoisotopic (exact) mass is 418 g/mol. The number of rotatable bonds is 10. The van der Waals surface area contributed by atoms with Gasteiger partial charge < -0.3 is 30.6 Å². The Bertz CT molecular complexity index is 825. The molecule has 2 aromatic carbocycles. The maximum atomic E-state index is 11.5. The SMILES string of the molecule is CCC(O)(Cc1ccccc1C)[C@@H](O)[C@@](O)(Cc1ccccc1C)[C@H](O)[C@@H](O)CO. The van der Waals surface area contributed by atoms with Gasteiger partial charge in [-0.15, -0.1) is 0 Å². The highest BCUT2D eigenvalue weighted by molar-refractivity contribution is 5.30. The first-order chi connectivity index (χ1) is 14.1. The van der Waals surface area contributed by atoms with E-state index in [2.05, 4.69) is 0 Å². The molecule has 0 bridgehead atoms. The van der Waals surface area contributed by atoms with E-state index in [0.29, 0.717) is 5.56 Å². The fraction of sp³-hybridized carbons (Fsp3) is 0.500. The summed E-state index contributed by atoms with van der Waals surface area (Å²) < 4.78 is 0. The van der Waals surface area contributed by atoms with E-state index >= 15 is 0 Å². The summed E-state index contributed by atoms with van der Waals surface area (Å²) in [7, 11) is 0. The minimum absolute atomic E-state index is 0.0510. The molecule has 30 heavy (non-hydrogen) atoms. The molecule has 0 radical (unpaired) electrons. The van der Waals surface area contributed by atoms with Crippen molar-refractivity contribution in [1.82, 2.24) is 0 Å². The van der Waals surface area contributed by atoms with E-state index in [-0.39, 0.29) is 19.3 Å². The van der Waals surface area contributed by atoms with Gasteiger partial charge in [0.05, 0.1) is 12.2 Å². The highest BCUT2D eigenvalue weighted by Gasteiger charge is 2.53. The van der Waals surface area contributed by atoms with Crippen LogP contribution in [0.2, 0.25) is 0 Å². The number of aliphatic hydroxyl groups excluding tert-OH is 4. The molecule has 1 unspecified atom stereocenters. The van der Waals surface area contributed by atoms with Crippen molar-refractivity contribution < 1.29 is 30.6 Å². The predicted octanol–water partition coefficient (Wildman–Crippen LogP) is 1.04. The summed E-state index contributed by atoms with van der Waals surface area (Å²) in [4.78, 5) is 0. The standard InChI is InChI=1S/C24H34O6/c1-4-23(29,13-18-11-7-5-9-16(18)2)22(28)24(30,21(27)20(26)15-25)14-19-12-8-6-10-17(19)3/h5-12,20-22,25-30H,4,13-15H2,1-3H3/t20-,21+,22+,23?,24+/m0/s1. The van der Waals surface area contributed by atoms with Crippen molar-refractivity contribution in [2.24, 2.45) is 0 Å². The molecule has 0 saturated carbocycles. The van der Waals surface area contributed by atoms with Gasteiger partial charge in [-0.05, 0) is 42.5 Å². The third-order valence-electron chi connectivity index (χ3n) is 6.15. The van der Waals surface area contributed by atoms with E-state index < -0.39 is 36.1 Å². The lowest BCUT2D eigenvalue weighted by atomic mass is 9.71. The lowest BCUT2D eigenvalue weighted by molar-refractivity contribution is -0.229. The van der Waals surface area contributed by atoms with Crippen molar-refractivity contribution >= 4 is 0 Å². The third kappa shape index (κ3) is 5.09. The Morgan fingerprint density at radius 3 is 1.70 bits per heavy atom. The van der Waals surface area contributed by atoms with Crippen molar-refractivity contribution in [2.45, 2.75) is 69.5 Å². The van der Waals surface area contributed by atoms with Gasteiger partial charge in [-0.3, -0.25) is 0 Å². The second-order valence-corrected chi connectivity index (χ2v) is 8.25. The zero-order chi connectivity index (χ0) is 22.5. The number of aliphatic hydroxyl groups is 6.